The molecule has 1 unspecified atom stereocenters. The highest BCUT2D eigenvalue weighted by atomic mass is 127. The van der Waals surface area contributed by atoms with E-state index in [2.05, 4.69) is 50.1 Å². The number of rotatable bonds is 2. The van der Waals surface area contributed by atoms with Crippen LogP contribution in [0.5, 0.6) is 0 Å². The van der Waals surface area contributed by atoms with Crippen molar-refractivity contribution >= 4 is 50.2 Å². The SMILES string of the molecule is C=CC1CC(=O)N(c2ccc(I)c(Br)n2)C1. The Morgan fingerprint density at radius 3 is 2.94 bits per heavy atom. The fraction of sp³-hybridized carbons (Fsp3) is 0.273. The smallest absolute Gasteiger partial charge is 0.228 e. The first kappa shape index (κ1) is 12.0. The van der Waals surface area contributed by atoms with E-state index < -0.39 is 0 Å². The molecule has 0 aromatic carbocycles. The normalized spacial score (nSPS) is 20.2. The Morgan fingerprint density at radius 1 is 1.62 bits per heavy atom. The number of hydrogen-bond acceptors (Lipinski definition) is 2. The molecule has 1 aromatic rings. The van der Waals surface area contributed by atoms with Crippen molar-refractivity contribution in [2.75, 3.05) is 11.4 Å². The topological polar surface area (TPSA) is 33.2 Å². The maximum atomic E-state index is 11.8. The average molecular weight is 393 g/mol. The molecule has 1 saturated heterocycles. The van der Waals surface area contributed by atoms with Gasteiger partial charge in [0.2, 0.25) is 5.91 Å². The largest absolute Gasteiger partial charge is 0.296 e. The molecule has 3 nitrogen and oxygen atoms in total. The van der Waals surface area contributed by atoms with Gasteiger partial charge >= 0.3 is 0 Å². The van der Waals surface area contributed by atoms with Gasteiger partial charge in [-0.25, -0.2) is 4.98 Å². The van der Waals surface area contributed by atoms with Gasteiger partial charge in [0.05, 0.1) is 0 Å². The molecule has 1 aliphatic heterocycles. The number of hydrogen-bond donors (Lipinski definition) is 0. The molecular weight excluding hydrogens is 383 g/mol. The Hall–Kier alpha value is -0.430. The van der Waals surface area contributed by atoms with Crippen molar-refractivity contribution < 1.29 is 4.79 Å². The van der Waals surface area contributed by atoms with Crippen molar-refractivity contribution in [1.82, 2.24) is 4.98 Å². The molecule has 1 aliphatic rings. The Kier molecular flexibility index (Phi) is 3.63. The van der Waals surface area contributed by atoms with Crippen LogP contribution in [0.3, 0.4) is 0 Å². The van der Waals surface area contributed by atoms with E-state index in [1.807, 2.05) is 18.2 Å². The Bertz CT molecular complexity index is 450. The second-order valence-electron chi connectivity index (χ2n) is 3.65. The van der Waals surface area contributed by atoms with Crippen LogP contribution < -0.4 is 4.90 Å². The van der Waals surface area contributed by atoms with E-state index in [0.29, 0.717) is 18.8 Å². The van der Waals surface area contributed by atoms with Crippen molar-refractivity contribution in [2.24, 2.45) is 5.92 Å². The minimum atomic E-state index is 0.116. The highest BCUT2D eigenvalue weighted by Crippen LogP contribution is 2.26. The lowest BCUT2D eigenvalue weighted by atomic mass is 10.1. The van der Waals surface area contributed by atoms with Crippen LogP contribution >= 0.6 is 38.5 Å². The molecule has 5 heteroatoms. The monoisotopic (exact) mass is 392 g/mol. The molecule has 0 saturated carbocycles. The summed E-state index contributed by atoms with van der Waals surface area (Å²) in [4.78, 5) is 17.8. The first-order valence-electron chi connectivity index (χ1n) is 4.87. The van der Waals surface area contributed by atoms with E-state index in [0.717, 1.165) is 8.17 Å². The Balaban J connectivity index is 2.27. The van der Waals surface area contributed by atoms with E-state index in [9.17, 15) is 4.79 Å². The van der Waals surface area contributed by atoms with Crippen LogP contribution in [-0.2, 0) is 4.79 Å². The summed E-state index contributed by atoms with van der Waals surface area (Å²) in [5.41, 5.74) is 0. The maximum Gasteiger partial charge on any atom is 0.228 e. The molecule has 2 heterocycles. The van der Waals surface area contributed by atoms with Gasteiger partial charge in [-0.2, -0.15) is 0 Å². The highest BCUT2D eigenvalue weighted by Gasteiger charge is 2.29. The zero-order valence-corrected chi connectivity index (χ0v) is 12.2. The second kappa shape index (κ2) is 4.83. The predicted octanol–water partition coefficient (Wildman–Crippen LogP) is 2.99. The number of carbonyl (C=O) groups excluding carboxylic acids is 1. The van der Waals surface area contributed by atoms with Gasteiger partial charge in [0.1, 0.15) is 10.4 Å². The van der Waals surface area contributed by atoms with Crippen LogP contribution in [0.1, 0.15) is 6.42 Å². The summed E-state index contributed by atoms with van der Waals surface area (Å²) in [6, 6.07) is 3.82. The van der Waals surface area contributed by atoms with E-state index in [1.165, 1.54) is 0 Å². The number of anilines is 1. The van der Waals surface area contributed by atoms with E-state index in [1.54, 1.807) is 4.90 Å². The molecular formula is C11H10BrIN2O. The summed E-state index contributed by atoms with van der Waals surface area (Å²) >= 11 is 5.56. The van der Waals surface area contributed by atoms with Crippen molar-refractivity contribution in [2.45, 2.75) is 6.42 Å². The van der Waals surface area contributed by atoms with Crippen LogP contribution in [0.4, 0.5) is 5.82 Å². The van der Waals surface area contributed by atoms with Crippen molar-refractivity contribution in [3.63, 3.8) is 0 Å². The summed E-state index contributed by atoms with van der Waals surface area (Å²) in [7, 11) is 0. The van der Waals surface area contributed by atoms with Crippen molar-refractivity contribution in [3.05, 3.63) is 33.0 Å². The summed E-state index contributed by atoms with van der Waals surface area (Å²) < 4.78 is 1.81. The van der Waals surface area contributed by atoms with Gasteiger partial charge < -0.3 is 0 Å². The lowest BCUT2D eigenvalue weighted by molar-refractivity contribution is -0.117. The molecule has 1 fully saturated rings. The van der Waals surface area contributed by atoms with Crippen molar-refractivity contribution in [1.29, 1.82) is 0 Å². The fourth-order valence-electron chi connectivity index (χ4n) is 1.67. The molecule has 1 aromatic heterocycles. The zero-order chi connectivity index (χ0) is 11.7. The fourth-order valence-corrected chi connectivity index (χ4v) is 2.29. The number of pyridine rings is 1. The van der Waals surface area contributed by atoms with Gasteiger partial charge in [-0.15, -0.1) is 6.58 Å². The first-order chi connectivity index (χ1) is 7.61. The van der Waals surface area contributed by atoms with Crippen molar-refractivity contribution in [3.8, 4) is 0 Å². The molecule has 16 heavy (non-hydrogen) atoms. The average Bonchev–Trinajstić information content (AvgIpc) is 2.64. The number of carbonyl (C=O) groups is 1. The van der Waals surface area contributed by atoms with E-state index >= 15 is 0 Å². The van der Waals surface area contributed by atoms with E-state index in [4.69, 9.17) is 0 Å². The maximum absolute atomic E-state index is 11.8. The predicted molar refractivity (Wildman–Crippen MR) is 75.3 cm³/mol. The van der Waals surface area contributed by atoms with Crippen LogP contribution in [-0.4, -0.2) is 17.4 Å². The Morgan fingerprint density at radius 2 is 2.38 bits per heavy atom. The van der Waals surface area contributed by atoms with Crippen LogP contribution in [0.2, 0.25) is 0 Å². The summed E-state index contributed by atoms with van der Waals surface area (Å²) in [5.74, 6) is 1.07. The van der Waals surface area contributed by atoms with Gasteiger partial charge in [-0.05, 0) is 50.7 Å². The molecule has 1 atom stereocenters. The van der Waals surface area contributed by atoms with Gasteiger partial charge in [-0.3, -0.25) is 9.69 Å². The second-order valence-corrected chi connectivity index (χ2v) is 5.56. The van der Waals surface area contributed by atoms with Crippen LogP contribution in [0.25, 0.3) is 0 Å². The minimum Gasteiger partial charge on any atom is -0.296 e. The number of halogens is 2. The molecule has 84 valence electrons. The summed E-state index contributed by atoms with van der Waals surface area (Å²) in [5, 5.41) is 0. The van der Waals surface area contributed by atoms with Crippen LogP contribution in [0, 0.1) is 9.49 Å². The lowest BCUT2D eigenvalue weighted by Gasteiger charge is -2.15. The van der Waals surface area contributed by atoms with Gasteiger partial charge in [0.25, 0.3) is 0 Å². The minimum absolute atomic E-state index is 0.116. The van der Waals surface area contributed by atoms with Gasteiger partial charge in [-0.1, -0.05) is 6.08 Å². The lowest BCUT2D eigenvalue weighted by Crippen LogP contribution is -2.25. The number of aromatic nitrogens is 1. The molecule has 0 N–H and O–H groups in total. The highest BCUT2D eigenvalue weighted by molar-refractivity contribution is 14.1. The third-order valence-electron chi connectivity index (χ3n) is 2.55. The standard InChI is InChI=1S/C11H10BrIN2O/c1-2-7-5-10(16)15(6-7)9-4-3-8(13)11(12)14-9/h2-4,7H,1,5-6H2. The molecule has 0 aliphatic carbocycles. The third-order valence-corrected chi connectivity index (χ3v) is 4.77. The molecule has 0 radical (unpaired) electrons. The van der Waals surface area contributed by atoms with Gasteiger partial charge in [0, 0.05) is 22.5 Å². The molecule has 1 amide bonds. The first-order valence-corrected chi connectivity index (χ1v) is 6.74. The molecule has 0 spiro atoms. The van der Waals surface area contributed by atoms with E-state index in [-0.39, 0.29) is 11.8 Å². The number of nitrogens with zero attached hydrogens (tertiary/aromatic N) is 2. The molecule has 0 bridgehead atoms. The van der Waals surface area contributed by atoms with Crippen LogP contribution in [0.15, 0.2) is 29.4 Å². The third kappa shape index (κ3) is 2.29. The summed E-state index contributed by atoms with van der Waals surface area (Å²) in [6.45, 7) is 4.41. The quantitative estimate of drug-likeness (QED) is 0.440. The zero-order valence-electron chi connectivity index (χ0n) is 8.49. The van der Waals surface area contributed by atoms with Gasteiger partial charge in [0.15, 0.2) is 0 Å². The number of amides is 1. The summed E-state index contributed by atoms with van der Waals surface area (Å²) in [6.07, 6.45) is 2.37. The Labute approximate surface area is 116 Å². The molecule has 2 rings (SSSR count).